The number of halogens is 2. The maximum atomic E-state index is 15.4. The van der Waals surface area contributed by atoms with E-state index in [1.54, 1.807) is 75.6 Å². The Bertz CT molecular complexity index is 3440. The Labute approximate surface area is 399 Å². The molecule has 2 unspecified atom stereocenters. The number of aromatic nitrogens is 11. The molecule has 2 aliphatic rings. The van der Waals surface area contributed by atoms with Gasteiger partial charge in [-0.25, -0.2) is 33.5 Å². The Morgan fingerprint density at radius 3 is 1.81 bits per heavy atom. The van der Waals surface area contributed by atoms with Crippen LogP contribution in [0.25, 0.3) is 67.4 Å². The number of carbonyl (C=O) groups excluding carboxylic acids is 2. The van der Waals surface area contributed by atoms with Crippen LogP contribution in [0.1, 0.15) is 59.8 Å². The molecular weight excluding hydrogens is 895 g/mol. The molecule has 354 valence electrons. The van der Waals surface area contributed by atoms with Crippen molar-refractivity contribution in [3.63, 3.8) is 0 Å². The van der Waals surface area contributed by atoms with E-state index in [0.29, 0.717) is 80.8 Å². The Kier molecular flexibility index (Phi) is 11.2. The van der Waals surface area contributed by atoms with Gasteiger partial charge in [0.15, 0.2) is 11.3 Å². The molecule has 9 aromatic rings. The molecule has 2 aromatic carbocycles. The SMILES string of the molecule is Cn1cc(-c2nc3c(-c4ccc(CNC(=O)c5ccc(C6CC6CC(C)(C)OC6CN(C(=O)NCc7ccc(-c8ccnc9[nH]c(-c%10cnn(C)c%10)nc89)cc7F)C6)nc5)c(F)c4)ccnc3[nH]2)cn1. The number of hydrogen-bond acceptors (Lipinski definition) is 10. The molecule has 1 saturated heterocycles. The third kappa shape index (κ3) is 8.98. The summed E-state index contributed by atoms with van der Waals surface area (Å²) in [6, 6.07) is 16.8. The first-order chi connectivity index (χ1) is 33.8. The number of aryl methyl sites for hydroxylation is 2. The molecule has 11 rings (SSSR count). The molecule has 8 heterocycles. The van der Waals surface area contributed by atoms with Gasteiger partial charge in [-0.3, -0.25) is 19.1 Å². The van der Waals surface area contributed by atoms with Crippen molar-refractivity contribution in [3.8, 4) is 45.0 Å². The molecule has 1 aliphatic carbocycles. The van der Waals surface area contributed by atoms with Crippen molar-refractivity contribution in [1.29, 1.82) is 0 Å². The standard InChI is InChI=1S/C51H48F2N14O3/c1-51(2,70-36-26-67(27-36)50(69)58-20-31-8-6-29(17-41(31)53)38-12-14-55-48-44(38)62-46(64-48)35-23-60-66(4)25-35)18-33-15-39(33)42-10-9-32(21-56-42)49(68)57-19-30-7-5-28(16-40(30)52)37-11-13-54-47-43(37)61-45(63-47)34-22-59-65(3)24-34/h5-14,16-17,21-25,33,36,39H,15,18-20,26-27H2,1-4H3,(H,57,68)(H,58,69)(H,54,61,63)(H,55,62,64). The highest BCUT2D eigenvalue weighted by molar-refractivity contribution is 5.94. The summed E-state index contributed by atoms with van der Waals surface area (Å²) in [6.07, 6.45) is 13.6. The third-order valence-corrected chi connectivity index (χ3v) is 13.0. The highest BCUT2D eigenvalue weighted by Crippen LogP contribution is 2.51. The number of hydrogen-bond donors (Lipinski definition) is 4. The van der Waals surface area contributed by atoms with Crippen LogP contribution >= 0.6 is 0 Å². The molecule has 7 aromatic heterocycles. The maximum Gasteiger partial charge on any atom is 0.317 e. The monoisotopic (exact) mass is 942 g/mol. The predicted octanol–water partition coefficient (Wildman–Crippen LogP) is 7.85. The summed E-state index contributed by atoms with van der Waals surface area (Å²) in [5.41, 5.74) is 8.36. The van der Waals surface area contributed by atoms with E-state index in [1.165, 1.54) is 12.1 Å². The zero-order valence-corrected chi connectivity index (χ0v) is 38.7. The zero-order chi connectivity index (χ0) is 48.3. The largest absolute Gasteiger partial charge is 0.369 e. The van der Waals surface area contributed by atoms with Crippen LogP contribution in [-0.2, 0) is 31.9 Å². The van der Waals surface area contributed by atoms with E-state index in [2.05, 4.69) is 59.6 Å². The van der Waals surface area contributed by atoms with Gasteiger partial charge >= 0.3 is 6.03 Å². The molecule has 0 bridgehead atoms. The van der Waals surface area contributed by atoms with E-state index < -0.39 is 17.2 Å². The quantitative estimate of drug-likeness (QED) is 0.0832. The topological polar surface area (TPSA) is 202 Å². The molecule has 3 amide bonds. The molecule has 2 fully saturated rings. The second-order valence-corrected chi connectivity index (χ2v) is 18.7. The molecule has 17 nitrogen and oxygen atoms in total. The van der Waals surface area contributed by atoms with Crippen molar-refractivity contribution >= 4 is 34.3 Å². The van der Waals surface area contributed by atoms with Gasteiger partial charge < -0.3 is 30.2 Å². The second kappa shape index (κ2) is 17.7. The molecule has 1 aliphatic heterocycles. The number of imidazole rings is 2. The minimum Gasteiger partial charge on any atom is -0.369 e. The van der Waals surface area contributed by atoms with E-state index in [9.17, 15) is 9.59 Å². The first-order valence-electron chi connectivity index (χ1n) is 23.0. The highest BCUT2D eigenvalue weighted by Gasteiger charge is 2.44. The van der Waals surface area contributed by atoms with Crippen LogP contribution in [0.3, 0.4) is 0 Å². The average Bonchev–Trinajstić information content (AvgIpc) is 3.81. The zero-order valence-electron chi connectivity index (χ0n) is 38.7. The Balaban J connectivity index is 0.623. The van der Waals surface area contributed by atoms with Crippen LogP contribution in [0.15, 0.2) is 104 Å². The third-order valence-electron chi connectivity index (χ3n) is 13.0. The maximum absolute atomic E-state index is 15.4. The van der Waals surface area contributed by atoms with Crippen molar-refractivity contribution in [2.24, 2.45) is 20.0 Å². The molecule has 19 heteroatoms. The summed E-state index contributed by atoms with van der Waals surface area (Å²) >= 11 is 0. The number of nitrogens with zero attached hydrogens (tertiary/aromatic N) is 10. The molecule has 70 heavy (non-hydrogen) atoms. The first-order valence-corrected chi connectivity index (χ1v) is 23.0. The lowest BCUT2D eigenvalue weighted by molar-refractivity contribution is -0.125. The normalized spacial score (nSPS) is 15.9. The highest BCUT2D eigenvalue weighted by atomic mass is 19.1. The van der Waals surface area contributed by atoms with Crippen LogP contribution in [0.4, 0.5) is 13.6 Å². The fraction of sp³-hybridized carbons (Fsp3) is 0.275. The van der Waals surface area contributed by atoms with Crippen molar-refractivity contribution in [3.05, 3.63) is 138 Å². The number of H-pyrrole nitrogens is 2. The molecule has 4 N–H and O–H groups in total. The van der Waals surface area contributed by atoms with Crippen LogP contribution in [0, 0.1) is 17.6 Å². The van der Waals surface area contributed by atoms with Crippen LogP contribution < -0.4 is 10.6 Å². The summed E-state index contributed by atoms with van der Waals surface area (Å²) in [4.78, 5) is 57.1. The lowest BCUT2D eigenvalue weighted by Crippen LogP contribution is -2.59. The van der Waals surface area contributed by atoms with Crippen molar-refractivity contribution < 1.29 is 23.1 Å². The number of fused-ring (bicyclic) bond motifs is 2. The number of ether oxygens (including phenoxy) is 1. The molecule has 1 saturated carbocycles. The number of amides is 3. The number of likely N-dealkylation sites (tertiary alicyclic amines) is 1. The Morgan fingerprint density at radius 1 is 0.729 bits per heavy atom. The van der Waals surface area contributed by atoms with E-state index in [4.69, 9.17) is 14.7 Å². The second-order valence-electron chi connectivity index (χ2n) is 18.7. The number of carbonyl (C=O) groups is 2. The van der Waals surface area contributed by atoms with Crippen molar-refractivity contribution in [2.75, 3.05) is 13.1 Å². The number of aromatic amines is 2. The number of urea groups is 1. The molecule has 0 spiro atoms. The summed E-state index contributed by atoms with van der Waals surface area (Å²) in [7, 11) is 3.66. The summed E-state index contributed by atoms with van der Waals surface area (Å²) in [5.74, 6) is 0.618. The lowest BCUT2D eigenvalue weighted by Gasteiger charge is -2.43. The molecule has 0 radical (unpaired) electrons. The van der Waals surface area contributed by atoms with Crippen LogP contribution in [0.5, 0.6) is 0 Å². The summed E-state index contributed by atoms with van der Waals surface area (Å²) in [5, 5.41) is 14.1. The number of nitrogens with one attached hydrogen (secondary N) is 4. The van der Waals surface area contributed by atoms with Gasteiger partial charge in [-0.1, -0.05) is 24.3 Å². The van der Waals surface area contributed by atoms with Gasteiger partial charge in [0.1, 0.15) is 34.3 Å². The van der Waals surface area contributed by atoms with E-state index in [0.717, 1.165) is 40.8 Å². The number of pyridine rings is 3. The molecule has 2 atom stereocenters. The predicted molar refractivity (Wildman–Crippen MR) is 257 cm³/mol. The van der Waals surface area contributed by atoms with E-state index in [1.807, 2.05) is 44.7 Å². The van der Waals surface area contributed by atoms with Gasteiger partial charge in [-0.15, -0.1) is 0 Å². The van der Waals surface area contributed by atoms with E-state index in [-0.39, 0.29) is 37.0 Å². The number of rotatable bonds is 14. The first kappa shape index (κ1) is 44.3. The minimum absolute atomic E-state index is 0.00413. The Hall–Kier alpha value is -8.19. The smallest absolute Gasteiger partial charge is 0.317 e. The number of benzene rings is 2. The Morgan fingerprint density at radius 2 is 1.30 bits per heavy atom. The van der Waals surface area contributed by atoms with Crippen LogP contribution in [0.2, 0.25) is 0 Å². The fourth-order valence-electron chi connectivity index (χ4n) is 9.33. The van der Waals surface area contributed by atoms with Crippen molar-refractivity contribution in [1.82, 2.24) is 70.0 Å². The lowest BCUT2D eigenvalue weighted by atomic mass is 9.98. The van der Waals surface area contributed by atoms with Crippen LogP contribution in [-0.4, -0.2) is 96.1 Å². The summed E-state index contributed by atoms with van der Waals surface area (Å²) < 4.78 is 40.7. The van der Waals surface area contributed by atoms with Gasteiger partial charge in [-0.2, -0.15) is 10.2 Å². The van der Waals surface area contributed by atoms with Gasteiger partial charge in [0.2, 0.25) is 0 Å². The van der Waals surface area contributed by atoms with Gasteiger partial charge in [0, 0.05) is 92.0 Å². The summed E-state index contributed by atoms with van der Waals surface area (Å²) in [6.45, 7) is 5.04. The van der Waals surface area contributed by atoms with Gasteiger partial charge in [0.25, 0.3) is 5.91 Å². The fourth-order valence-corrected chi connectivity index (χ4v) is 9.33. The minimum atomic E-state index is -0.450. The van der Waals surface area contributed by atoms with E-state index >= 15 is 8.78 Å². The average molecular weight is 943 g/mol. The van der Waals surface area contributed by atoms with Gasteiger partial charge in [0.05, 0.1) is 53.9 Å². The molecular formula is C51H48F2N14O3. The van der Waals surface area contributed by atoms with Crippen molar-refractivity contribution in [2.45, 2.75) is 57.4 Å². The van der Waals surface area contributed by atoms with Gasteiger partial charge in [-0.05, 0) is 80.1 Å².